The largest absolute Gasteiger partial charge is 0.419 e. The molecule has 1 aromatic carbocycles. The second-order valence-electron chi connectivity index (χ2n) is 3.01. The van der Waals surface area contributed by atoms with Crippen LogP contribution < -0.4 is 11.4 Å². The number of rotatable bonds is 1. The van der Waals surface area contributed by atoms with E-state index < -0.39 is 11.4 Å². The van der Waals surface area contributed by atoms with Crippen molar-refractivity contribution in [1.29, 1.82) is 0 Å². The van der Waals surface area contributed by atoms with Crippen molar-refractivity contribution in [2.45, 2.75) is 0 Å². The molecule has 0 fully saturated rings. The Kier molecular flexibility index (Phi) is 2.85. The second kappa shape index (κ2) is 4.15. The summed E-state index contributed by atoms with van der Waals surface area (Å²) in [5.74, 6) is -0.797. The average Bonchev–Trinajstić information content (AvgIpc) is 2.22. The summed E-state index contributed by atoms with van der Waals surface area (Å²) in [6, 6.07) is 4.69. The molecule has 1 aromatic heterocycles. The zero-order valence-corrected chi connectivity index (χ0v) is 9.30. The fourth-order valence-electron chi connectivity index (χ4n) is 1.22. The lowest BCUT2D eigenvalue weighted by Gasteiger charge is -2.00. The molecule has 0 saturated heterocycles. The zero-order valence-electron chi connectivity index (χ0n) is 7.79. The van der Waals surface area contributed by atoms with Gasteiger partial charge in [-0.1, -0.05) is 29.3 Å². The lowest BCUT2D eigenvalue weighted by Crippen LogP contribution is -2.15. The molecule has 82 valence electrons. The van der Waals surface area contributed by atoms with Gasteiger partial charge in [-0.25, -0.2) is 9.59 Å². The minimum Gasteiger partial charge on any atom is -0.372 e. The quantitative estimate of drug-likeness (QED) is 0.853. The van der Waals surface area contributed by atoms with Crippen LogP contribution in [0.5, 0.6) is 0 Å². The predicted molar refractivity (Wildman–Crippen MR) is 61.1 cm³/mol. The minimum absolute atomic E-state index is 0.221. The van der Waals surface area contributed by atoms with Crippen LogP contribution in [-0.4, -0.2) is 4.98 Å². The van der Waals surface area contributed by atoms with E-state index in [1.807, 2.05) is 0 Å². The van der Waals surface area contributed by atoms with E-state index in [0.717, 1.165) is 0 Å². The highest BCUT2D eigenvalue weighted by Crippen LogP contribution is 2.26. The number of hydrogen-bond donors (Lipinski definition) is 1. The molecule has 1 N–H and O–H groups in total. The van der Waals surface area contributed by atoms with Gasteiger partial charge in [-0.2, -0.15) is 0 Å². The Morgan fingerprint density at radius 2 is 1.88 bits per heavy atom. The Hall–Kier alpha value is -1.52. The van der Waals surface area contributed by atoms with Gasteiger partial charge in [0.15, 0.2) is 0 Å². The van der Waals surface area contributed by atoms with Crippen LogP contribution in [0.4, 0.5) is 0 Å². The van der Waals surface area contributed by atoms with Crippen molar-refractivity contribution in [2.75, 3.05) is 0 Å². The normalized spacial score (nSPS) is 10.4. The van der Waals surface area contributed by atoms with Gasteiger partial charge in [-0.3, -0.25) is 4.98 Å². The van der Waals surface area contributed by atoms with Crippen molar-refractivity contribution in [3.63, 3.8) is 0 Å². The summed E-state index contributed by atoms with van der Waals surface area (Å²) < 4.78 is 4.39. The van der Waals surface area contributed by atoms with Crippen molar-refractivity contribution < 1.29 is 4.42 Å². The Balaban J connectivity index is 2.63. The number of aromatic nitrogens is 1. The summed E-state index contributed by atoms with van der Waals surface area (Å²) in [7, 11) is 0. The summed E-state index contributed by atoms with van der Waals surface area (Å²) in [4.78, 5) is 24.4. The molecule has 0 amide bonds. The van der Waals surface area contributed by atoms with Crippen molar-refractivity contribution in [2.24, 2.45) is 0 Å². The van der Waals surface area contributed by atoms with Gasteiger partial charge >= 0.3 is 11.4 Å². The first-order valence-corrected chi connectivity index (χ1v) is 5.02. The monoisotopic (exact) mass is 257 g/mol. The first kappa shape index (κ1) is 11.0. The molecule has 0 aliphatic carbocycles. The van der Waals surface area contributed by atoms with Gasteiger partial charge in [0.1, 0.15) is 0 Å². The van der Waals surface area contributed by atoms with Gasteiger partial charge < -0.3 is 4.42 Å². The number of H-pyrrole nitrogens is 1. The molecule has 0 atom stereocenters. The first-order valence-electron chi connectivity index (χ1n) is 4.26. The van der Waals surface area contributed by atoms with E-state index in [2.05, 4.69) is 9.40 Å². The number of aromatic amines is 1. The molecular weight excluding hydrogens is 253 g/mol. The SMILES string of the molecule is O=c1[nH]cc(-c2ccc(Cl)c(Cl)c2)c(=O)o1. The van der Waals surface area contributed by atoms with Crippen LogP contribution in [0.2, 0.25) is 10.0 Å². The third-order valence-corrected chi connectivity index (χ3v) is 2.71. The lowest BCUT2D eigenvalue weighted by molar-refractivity contribution is 0.452. The molecule has 16 heavy (non-hydrogen) atoms. The second-order valence-corrected chi connectivity index (χ2v) is 3.82. The fraction of sp³-hybridized carbons (Fsp3) is 0. The van der Waals surface area contributed by atoms with Gasteiger partial charge in [0, 0.05) is 6.20 Å². The number of nitrogens with one attached hydrogen (secondary N) is 1. The summed E-state index contributed by atoms with van der Waals surface area (Å²) in [6.45, 7) is 0. The Morgan fingerprint density at radius 1 is 1.12 bits per heavy atom. The maximum absolute atomic E-state index is 11.4. The maximum atomic E-state index is 11.4. The molecule has 0 bridgehead atoms. The first-order chi connectivity index (χ1) is 7.58. The summed E-state index contributed by atoms with van der Waals surface area (Å²) in [5, 5.41) is 0.712. The molecule has 0 radical (unpaired) electrons. The predicted octanol–water partition coefficient (Wildman–Crippen LogP) is 2.30. The van der Waals surface area contributed by atoms with Crippen molar-refractivity contribution in [1.82, 2.24) is 4.98 Å². The third kappa shape index (κ3) is 2.03. The van der Waals surface area contributed by atoms with Crippen LogP contribution in [0.25, 0.3) is 11.1 Å². The van der Waals surface area contributed by atoms with Crippen LogP contribution in [0.1, 0.15) is 0 Å². The molecule has 0 spiro atoms. The molecule has 0 aliphatic rings. The Bertz CT molecular complexity index is 645. The lowest BCUT2D eigenvalue weighted by atomic mass is 10.1. The highest BCUT2D eigenvalue weighted by Gasteiger charge is 2.07. The zero-order chi connectivity index (χ0) is 11.7. The summed E-state index contributed by atoms with van der Waals surface area (Å²) in [5.41, 5.74) is 0.0275. The molecule has 0 aliphatic heterocycles. The van der Waals surface area contributed by atoms with E-state index >= 15 is 0 Å². The molecule has 2 rings (SSSR count). The van der Waals surface area contributed by atoms with Crippen LogP contribution in [0, 0.1) is 0 Å². The topological polar surface area (TPSA) is 63.1 Å². The van der Waals surface area contributed by atoms with Crippen LogP contribution in [-0.2, 0) is 0 Å². The molecule has 0 unspecified atom stereocenters. The summed E-state index contributed by atoms with van der Waals surface area (Å²) in [6.07, 6.45) is 1.27. The molecule has 0 saturated carbocycles. The summed E-state index contributed by atoms with van der Waals surface area (Å²) >= 11 is 11.6. The van der Waals surface area contributed by atoms with Crippen LogP contribution in [0.3, 0.4) is 0 Å². The van der Waals surface area contributed by atoms with E-state index in [4.69, 9.17) is 23.2 Å². The molecule has 2 aromatic rings. The van der Waals surface area contributed by atoms with Crippen molar-refractivity contribution in [3.05, 3.63) is 55.4 Å². The van der Waals surface area contributed by atoms with Crippen molar-refractivity contribution in [3.8, 4) is 11.1 Å². The van der Waals surface area contributed by atoms with E-state index in [-0.39, 0.29) is 5.56 Å². The van der Waals surface area contributed by atoms with E-state index in [0.29, 0.717) is 15.6 Å². The van der Waals surface area contributed by atoms with E-state index in [9.17, 15) is 9.59 Å². The highest BCUT2D eigenvalue weighted by molar-refractivity contribution is 6.42. The molecular formula is C10H5Cl2NO3. The van der Waals surface area contributed by atoms with Crippen LogP contribution in [0.15, 0.2) is 38.4 Å². The van der Waals surface area contributed by atoms with Gasteiger partial charge in [0.25, 0.3) is 0 Å². The maximum Gasteiger partial charge on any atom is 0.419 e. The fourth-order valence-corrected chi connectivity index (χ4v) is 1.52. The number of benzene rings is 1. The molecule has 4 nitrogen and oxygen atoms in total. The van der Waals surface area contributed by atoms with Gasteiger partial charge in [-0.15, -0.1) is 0 Å². The molecule has 6 heteroatoms. The highest BCUT2D eigenvalue weighted by atomic mass is 35.5. The number of hydrogen-bond acceptors (Lipinski definition) is 3. The third-order valence-electron chi connectivity index (χ3n) is 1.97. The molecule has 1 heterocycles. The van der Waals surface area contributed by atoms with Gasteiger partial charge in [-0.05, 0) is 17.7 Å². The minimum atomic E-state index is -0.797. The smallest absolute Gasteiger partial charge is 0.372 e. The van der Waals surface area contributed by atoms with Gasteiger partial charge in [0.2, 0.25) is 0 Å². The Morgan fingerprint density at radius 3 is 2.50 bits per heavy atom. The van der Waals surface area contributed by atoms with E-state index in [1.54, 1.807) is 12.1 Å². The standard InChI is InChI=1S/C10H5Cl2NO3/c11-7-2-1-5(3-8(7)12)6-4-13-10(15)16-9(6)14/h1-4H,(H,13,15). The Labute approximate surface area is 99.4 Å². The van der Waals surface area contributed by atoms with Crippen LogP contribution >= 0.6 is 23.2 Å². The van der Waals surface area contributed by atoms with E-state index in [1.165, 1.54) is 12.3 Å². The number of halogens is 2. The van der Waals surface area contributed by atoms with Crippen molar-refractivity contribution >= 4 is 23.2 Å². The van der Waals surface area contributed by atoms with Gasteiger partial charge in [0.05, 0.1) is 15.6 Å². The average molecular weight is 258 g/mol.